The highest BCUT2D eigenvalue weighted by Crippen LogP contribution is 2.45. The second kappa shape index (κ2) is 8.84. The monoisotopic (exact) mass is 361 g/mol. The van der Waals surface area contributed by atoms with Crippen LogP contribution in [0.5, 0.6) is 0 Å². The Bertz CT molecular complexity index is 596. The summed E-state index contributed by atoms with van der Waals surface area (Å²) in [6.07, 6.45) is 6.84. The van der Waals surface area contributed by atoms with Crippen molar-refractivity contribution in [2.24, 2.45) is 10.4 Å². The van der Waals surface area contributed by atoms with Gasteiger partial charge in [0.25, 0.3) is 0 Å². The largest absolute Gasteiger partial charge is 0.357 e. The van der Waals surface area contributed by atoms with Gasteiger partial charge in [-0.15, -0.1) is 0 Å². The number of nitrogens with one attached hydrogen (secondary N) is 1. The highest BCUT2D eigenvalue weighted by molar-refractivity contribution is 7.84. The van der Waals surface area contributed by atoms with Crippen LogP contribution in [0.2, 0.25) is 0 Å². The highest BCUT2D eigenvalue weighted by atomic mass is 32.2. The quantitative estimate of drug-likeness (QED) is 0.625. The van der Waals surface area contributed by atoms with Gasteiger partial charge in [-0.05, 0) is 37.2 Å². The van der Waals surface area contributed by atoms with E-state index in [9.17, 15) is 4.21 Å². The molecule has 2 aliphatic rings. The molecule has 0 aromatic heterocycles. The summed E-state index contributed by atoms with van der Waals surface area (Å²) in [5.74, 6) is 2.27. The van der Waals surface area contributed by atoms with Gasteiger partial charge in [0.15, 0.2) is 5.96 Å². The van der Waals surface area contributed by atoms with Gasteiger partial charge < -0.3 is 10.2 Å². The minimum absolute atomic E-state index is 0.548. The first-order chi connectivity index (χ1) is 12.2. The van der Waals surface area contributed by atoms with E-state index in [0.29, 0.717) is 23.5 Å². The Morgan fingerprint density at radius 2 is 2.00 bits per heavy atom. The predicted octanol–water partition coefficient (Wildman–Crippen LogP) is 3.17. The second-order valence-electron chi connectivity index (χ2n) is 7.39. The molecule has 1 heterocycles. The Kier molecular flexibility index (Phi) is 6.51. The number of likely N-dealkylation sites (tertiary alicyclic amines) is 1. The third kappa shape index (κ3) is 5.06. The molecule has 1 aromatic rings. The Labute approximate surface area is 154 Å². The lowest BCUT2D eigenvalue weighted by atomic mass is 9.86. The van der Waals surface area contributed by atoms with Crippen LogP contribution in [0.4, 0.5) is 0 Å². The third-order valence-corrected chi connectivity index (χ3v) is 6.78. The summed E-state index contributed by atoms with van der Waals surface area (Å²) in [7, 11) is -0.855. The summed E-state index contributed by atoms with van der Waals surface area (Å²) < 4.78 is 12.3. The average Bonchev–Trinajstić information content (AvgIpc) is 3.25. The molecular formula is C20H31N3OS. The van der Waals surface area contributed by atoms with E-state index in [1.807, 2.05) is 30.3 Å². The SMILES string of the molecule is CCNC(=NCCS(=O)Cc1ccccc1)N1CCC2(CCCC2)C1. The molecule has 25 heavy (non-hydrogen) atoms. The first-order valence-corrected chi connectivity index (χ1v) is 11.1. The predicted molar refractivity (Wildman–Crippen MR) is 106 cm³/mol. The zero-order valence-corrected chi connectivity index (χ0v) is 16.2. The van der Waals surface area contributed by atoms with Gasteiger partial charge in [-0.2, -0.15) is 0 Å². The fraction of sp³-hybridized carbons (Fsp3) is 0.650. The molecule has 1 atom stereocenters. The second-order valence-corrected chi connectivity index (χ2v) is 8.96. The van der Waals surface area contributed by atoms with Gasteiger partial charge >= 0.3 is 0 Å². The Morgan fingerprint density at radius 1 is 1.24 bits per heavy atom. The topological polar surface area (TPSA) is 44.7 Å². The van der Waals surface area contributed by atoms with E-state index in [0.717, 1.165) is 31.2 Å². The summed E-state index contributed by atoms with van der Waals surface area (Å²) in [6, 6.07) is 10.1. The van der Waals surface area contributed by atoms with Gasteiger partial charge in [-0.25, -0.2) is 0 Å². The number of guanidine groups is 1. The summed E-state index contributed by atoms with van der Waals surface area (Å²) >= 11 is 0. The molecule has 1 saturated carbocycles. The maximum atomic E-state index is 12.3. The first kappa shape index (κ1) is 18.4. The van der Waals surface area contributed by atoms with Gasteiger partial charge in [-0.1, -0.05) is 43.2 Å². The van der Waals surface area contributed by atoms with Crippen LogP contribution in [0.25, 0.3) is 0 Å². The molecular weight excluding hydrogens is 330 g/mol. The standard InChI is InChI=1S/C20H31N3OS/c1-2-21-19(23-14-12-20(17-23)10-6-7-11-20)22-13-15-25(24)16-18-8-4-3-5-9-18/h3-5,8-9H,2,6-7,10-17H2,1H3,(H,21,22). The zero-order chi connectivity index (χ0) is 17.5. The number of hydrogen-bond donors (Lipinski definition) is 1. The molecule has 2 fully saturated rings. The van der Waals surface area contributed by atoms with E-state index in [4.69, 9.17) is 4.99 Å². The van der Waals surface area contributed by atoms with Crippen LogP contribution in [-0.2, 0) is 16.6 Å². The van der Waals surface area contributed by atoms with E-state index >= 15 is 0 Å². The van der Waals surface area contributed by atoms with Crippen molar-refractivity contribution in [3.63, 3.8) is 0 Å². The van der Waals surface area contributed by atoms with Crippen LogP contribution in [0.3, 0.4) is 0 Å². The molecule has 1 aliphatic carbocycles. The van der Waals surface area contributed by atoms with Crippen molar-refractivity contribution in [2.75, 3.05) is 31.9 Å². The van der Waals surface area contributed by atoms with Gasteiger partial charge in [0.1, 0.15) is 0 Å². The zero-order valence-electron chi connectivity index (χ0n) is 15.4. The van der Waals surface area contributed by atoms with Crippen LogP contribution in [-0.4, -0.2) is 47.0 Å². The minimum Gasteiger partial charge on any atom is -0.357 e. The molecule has 4 nitrogen and oxygen atoms in total. The van der Waals surface area contributed by atoms with Gasteiger partial charge in [0.2, 0.25) is 0 Å². The molecule has 138 valence electrons. The van der Waals surface area contributed by atoms with Crippen molar-refractivity contribution in [1.82, 2.24) is 10.2 Å². The van der Waals surface area contributed by atoms with Crippen molar-refractivity contribution < 1.29 is 4.21 Å². The average molecular weight is 362 g/mol. The highest BCUT2D eigenvalue weighted by Gasteiger charge is 2.41. The van der Waals surface area contributed by atoms with Gasteiger partial charge in [0, 0.05) is 41.9 Å². The van der Waals surface area contributed by atoms with Gasteiger partial charge in [-0.3, -0.25) is 9.20 Å². The summed E-state index contributed by atoms with van der Waals surface area (Å²) in [5, 5.41) is 3.43. The summed E-state index contributed by atoms with van der Waals surface area (Å²) in [5.41, 5.74) is 1.69. The molecule has 0 bridgehead atoms. The molecule has 3 rings (SSSR count). The summed E-state index contributed by atoms with van der Waals surface area (Å²) in [6.45, 7) is 5.88. The van der Waals surface area contributed by atoms with E-state index < -0.39 is 10.8 Å². The van der Waals surface area contributed by atoms with Crippen LogP contribution in [0.15, 0.2) is 35.3 Å². The molecule has 1 spiro atoms. The number of rotatable bonds is 6. The molecule has 0 amide bonds. The molecule has 1 unspecified atom stereocenters. The maximum Gasteiger partial charge on any atom is 0.193 e. The molecule has 1 aliphatic heterocycles. The van der Waals surface area contributed by atoms with Crippen molar-refractivity contribution in [3.8, 4) is 0 Å². The lowest BCUT2D eigenvalue weighted by molar-refractivity contribution is 0.309. The van der Waals surface area contributed by atoms with Crippen LogP contribution >= 0.6 is 0 Å². The molecule has 1 aromatic carbocycles. The maximum absolute atomic E-state index is 12.3. The lowest BCUT2D eigenvalue weighted by Crippen LogP contribution is -2.41. The number of nitrogens with zero attached hydrogens (tertiary/aromatic N) is 2. The van der Waals surface area contributed by atoms with Crippen molar-refractivity contribution in [3.05, 3.63) is 35.9 Å². The number of aliphatic imine (C=N–C) groups is 1. The molecule has 5 heteroatoms. The van der Waals surface area contributed by atoms with E-state index in [1.165, 1.54) is 32.1 Å². The van der Waals surface area contributed by atoms with Crippen LogP contribution in [0, 0.1) is 5.41 Å². The number of hydrogen-bond acceptors (Lipinski definition) is 2. The van der Waals surface area contributed by atoms with Crippen molar-refractivity contribution in [1.29, 1.82) is 0 Å². The van der Waals surface area contributed by atoms with Crippen molar-refractivity contribution >= 4 is 16.8 Å². The normalized spacial score (nSPS) is 21.0. The minimum atomic E-state index is -0.855. The third-order valence-electron chi connectivity index (χ3n) is 5.49. The number of benzene rings is 1. The van der Waals surface area contributed by atoms with Crippen LogP contribution in [0.1, 0.15) is 44.6 Å². The Hall–Kier alpha value is -1.36. The summed E-state index contributed by atoms with van der Waals surface area (Å²) in [4.78, 5) is 7.20. The smallest absolute Gasteiger partial charge is 0.193 e. The fourth-order valence-electron chi connectivity index (χ4n) is 4.16. The van der Waals surface area contributed by atoms with Gasteiger partial charge in [0.05, 0.1) is 6.54 Å². The molecule has 1 N–H and O–H groups in total. The van der Waals surface area contributed by atoms with Crippen LogP contribution < -0.4 is 5.32 Å². The van der Waals surface area contributed by atoms with E-state index in [2.05, 4.69) is 17.1 Å². The van der Waals surface area contributed by atoms with E-state index in [-0.39, 0.29) is 0 Å². The Balaban J connectivity index is 1.51. The lowest BCUT2D eigenvalue weighted by Gasteiger charge is -2.25. The van der Waals surface area contributed by atoms with E-state index in [1.54, 1.807) is 0 Å². The Morgan fingerprint density at radius 3 is 2.72 bits per heavy atom. The van der Waals surface area contributed by atoms with Crippen molar-refractivity contribution in [2.45, 2.75) is 44.8 Å². The molecule has 1 saturated heterocycles. The first-order valence-electron chi connectivity index (χ1n) is 9.63. The molecule has 0 radical (unpaired) electrons. The fourth-order valence-corrected chi connectivity index (χ4v) is 5.16.